The first-order valence-corrected chi connectivity index (χ1v) is 19.6. The van der Waals surface area contributed by atoms with E-state index in [0.717, 1.165) is 22.3 Å². The van der Waals surface area contributed by atoms with Crippen LogP contribution in [-0.2, 0) is 5.41 Å². The maximum atomic E-state index is 5.24. The molecule has 0 radical (unpaired) electrons. The van der Waals surface area contributed by atoms with Crippen LogP contribution in [0.5, 0.6) is 0 Å². The summed E-state index contributed by atoms with van der Waals surface area (Å²) >= 11 is 1.82. The zero-order valence-electron chi connectivity index (χ0n) is 30.2. The molecule has 10 aromatic rings. The SMILES string of the molecule is c1ccc(-c2nc(-c3ccc(-c4cccc5c4sc4ccccc45)cn3)nc(-c3cccc4c3-c3ccccc3C4(c3ccccc3)c3ccccc3)n2)cc1. The highest BCUT2D eigenvalue weighted by Gasteiger charge is 2.47. The van der Waals surface area contributed by atoms with Gasteiger partial charge in [-0.05, 0) is 45.5 Å². The Hall–Kier alpha value is -7.08. The Labute approximate surface area is 328 Å². The van der Waals surface area contributed by atoms with Gasteiger partial charge in [-0.15, -0.1) is 11.3 Å². The molecule has 11 rings (SSSR count). The normalized spacial score (nSPS) is 12.8. The van der Waals surface area contributed by atoms with E-state index in [4.69, 9.17) is 19.9 Å². The lowest BCUT2D eigenvalue weighted by Crippen LogP contribution is -2.28. The van der Waals surface area contributed by atoms with Crippen molar-refractivity contribution in [2.24, 2.45) is 0 Å². The van der Waals surface area contributed by atoms with Crippen molar-refractivity contribution in [1.82, 2.24) is 19.9 Å². The fraction of sp³-hybridized carbons (Fsp3) is 0.0196. The second kappa shape index (κ2) is 13.0. The van der Waals surface area contributed by atoms with Gasteiger partial charge in [-0.1, -0.05) is 176 Å². The number of rotatable bonds is 6. The molecule has 5 heteroatoms. The minimum absolute atomic E-state index is 0.529. The molecule has 7 aromatic carbocycles. The van der Waals surface area contributed by atoms with E-state index >= 15 is 0 Å². The number of thiophene rings is 1. The van der Waals surface area contributed by atoms with Gasteiger partial charge < -0.3 is 0 Å². The van der Waals surface area contributed by atoms with Crippen molar-refractivity contribution >= 4 is 31.5 Å². The van der Waals surface area contributed by atoms with Gasteiger partial charge in [-0.2, -0.15) is 0 Å². The van der Waals surface area contributed by atoms with Gasteiger partial charge in [0.1, 0.15) is 5.69 Å². The number of nitrogens with zero attached hydrogens (tertiary/aromatic N) is 4. The third-order valence-electron chi connectivity index (χ3n) is 11.1. The minimum Gasteiger partial charge on any atom is -0.252 e. The van der Waals surface area contributed by atoms with E-state index in [9.17, 15) is 0 Å². The lowest BCUT2D eigenvalue weighted by atomic mass is 9.67. The number of pyridine rings is 1. The van der Waals surface area contributed by atoms with Gasteiger partial charge in [0.15, 0.2) is 17.5 Å². The Balaban J connectivity index is 1.10. The molecule has 4 nitrogen and oxygen atoms in total. The molecular formula is C51H32N4S. The summed E-state index contributed by atoms with van der Waals surface area (Å²) in [5.74, 6) is 1.74. The third kappa shape index (κ3) is 4.98. The Kier molecular flexibility index (Phi) is 7.54. The summed E-state index contributed by atoms with van der Waals surface area (Å²) in [5.41, 5.74) is 11.4. The lowest BCUT2D eigenvalue weighted by molar-refractivity contribution is 0.768. The Morgan fingerprint density at radius 1 is 0.393 bits per heavy atom. The highest BCUT2D eigenvalue weighted by molar-refractivity contribution is 7.26. The molecule has 262 valence electrons. The van der Waals surface area contributed by atoms with Crippen LogP contribution in [0, 0.1) is 0 Å². The van der Waals surface area contributed by atoms with Crippen molar-refractivity contribution in [2.45, 2.75) is 5.41 Å². The topological polar surface area (TPSA) is 51.6 Å². The molecule has 0 atom stereocenters. The predicted octanol–water partition coefficient (Wildman–Crippen LogP) is 12.7. The van der Waals surface area contributed by atoms with Crippen molar-refractivity contribution in [3.05, 3.63) is 217 Å². The van der Waals surface area contributed by atoms with E-state index in [2.05, 4.69) is 152 Å². The molecule has 0 fully saturated rings. The zero-order valence-corrected chi connectivity index (χ0v) is 31.0. The molecular weight excluding hydrogens is 701 g/mol. The van der Waals surface area contributed by atoms with Crippen LogP contribution in [0.25, 0.3) is 76.7 Å². The van der Waals surface area contributed by atoms with E-state index in [-0.39, 0.29) is 0 Å². The van der Waals surface area contributed by atoms with E-state index in [1.165, 1.54) is 53.6 Å². The second-order valence-electron chi connectivity index (χ2n) is 14.1. The lowest BCUT2D eigenvalue weighted by Gasteiger charge is -2.33. The molecule has 0 N–H and O–H groups in total. The molecule has 0 aliphatic heterocycles. The van der Waals surface area contributed by atoms with E-state index < -0.39 is 5.41 Å². The minimum atomic E-state index is -0.531. The molecule has 3 aromatic heterocycles. The molecule has 0 saturated carbocycles. The molecule has 3 heterocycles. The second-order valence-corrected chi connectivity index (χ2v) is 15.2. The van der Waals surface area contributed by atoms with Crippen LogP contribution >= 0.6 is 11.3 Å². The largest absolute Gasteiger partial charge is 0.252 e. The molecule has 0 bridgehead atoms. The van der Waals surface area contributed by atoms with Crippen molar-refractivity contribution in [2.75, 3.05) is 0 Å². The average molecular weight is 733 g/mol. The number of aromatic nitrogens is 4. The van der Waals surface area contributed by atoms with Crippen LogP contribution in [0.3, 0.4) is 0 Å². The molecule has 0 spiro atoms. The first-order chi connectivity index (χ1) is 27.8. The highest BCUT2D eigenvalue weighted by atomic mass is 32.1. The summed E-state index contributed by atoms with van der Waals surface area (Å²) in [4.78, 5) is 20.5. The standard InChI is InChI=1S/C51H32N4S/c1-4-16-33(17-5-1)48-53-49(55-50(54-48)44-31-30-34(32-52-44)37-24-14-25-39-38-22-11-13-29-45(38)56-47(37)39)41-26-15-28-43-46(41)40-23-10-12-27-42(40)51(43,35-18-6-2-7-19-35)36-20-8-3-9-21-36/h1-32H. The van der Waals surface area contributed by atoms with Gasteiger partial charge in [0, 0.05) is 48.6 Å². The molecule has 0 amide bonds. The fourth-order valence-electron chi connectivity index (χ4n) is 8.67. The first-order valence-electron chi connectivity index (χ1n) is 18.8. The van der Waals surface area contributed by atoms with Crippen molar-refractivity contribution < 1.29 is 0 Å². The van der Waals surface area contributed by atoms with Crippen LogP contribution in [0.4, 0.5) is 0 Å². The van der Waals surface area contributed by atoms with Crippen LogP contribution in [0.2, 0.25) is 0 Å². The molecule has 0 saturated heterocycles. The molecule has 0 unspecified atom stereocenters. The van der Waals surface area contributed by atoms with Gasteiger partial charge in [0.25, 0.3) is 0 Å². The van der Waals surface area contributed by atoms with Gasteiger partial charge in [-0.3, -0.25) is 4.98 Å². The quantitative estimate of drug-likeness (QED) is 0.171. The Bertz CT molecular complexity index is 3030. The summed E-state index contributed by atoms with van der Waals surface area (Å²) < 4.78 is 2.54. The van der Waals surface area contributed by atoms with Gasteiger partial charge in [-0.25, -0.2) is 15.0 Å². The van der Waals surface area contributed by atoms with Crippen LogP contribution < -0.4 is 0 Å². The summed E-state index contributed by atoms with van der Waals surface area (Å²) in [7, 11) is 0. The Morgan fingerprint density at radius 2 is 0.982 bits per heavy atom. The summed E-state index contributed by atoms with van der Waals surface area (Å²) in [5, 5.41) is 2.55. The third-order valence-corrected chi connectivity index (χ3v) is 12.3. The summed E-state index contributed by atoms with van der Waals surface area (Å²) in [6, 6.07) is 66.5. The molecule has 1 aliphatic carbocycles. The first kappa shape index (κ1) is 32.4. The smallest absolute Gasteiger partial charge is 0.182 e. The van der Waals surface area contributed by atoms with Crippen molar-refractivity contribution in [3.63, 3.8) is 0 Å². The number of hydrogen-bond donors (Lipinski definition) is 0. The molecule has 56 heavy (non-hydrogen) atoms. The van der Waals surface area contributed by atoms with Crippen molar-refractivity contribution in [1.29, 1.82) is 0 Å². The average Bonchev–Trinajstić information content (AvgIpc) is 3.82. The monoisotopic (exact) mass is 732 g/mol. The maximum Gasteiger partial charge on any atom is 0.182 e. The summed E-state index contributed by atoms with van der Waals surface area (Å²) in [6.45, 7) is 0. The predicted molar refractivity (Wildman–Crippen MR) is 230 cm³/mol. The van der Waals surface area contributed by atoms with E-state index in [1.807, 2.05) is 53.9 Å². The zero-order chi connectivity index (χ0) is 37.1. The maximum absolute atomic E-state index is 5.24. The van der Waals surface area contributed by atoms with Crippen LogP contribution in [-0.4, -0.2) is 19.9 Å². The van der Waals surface area contributed by atoms with Crippen LogP contribution in [0.1, 0.15) is 22.3 Å². The van der Waals surface area contributed by atoms with E-state index in [0.29, 0.717) is 23.2 Å². The summed E-state index contributed by atoms with van der Waals surface area (Å²) in [6.07, 6.45) is 1.95. The van der Waals surface area contributed by atoms with Gasteiger partial charge in [0.2, 0.25) is 0 Å². The highest BCUT2D eigenvalue weighted by Crippen LogP contribution is 2.58. The van der Waals surface area contributed by atoms with Crippen LogP contribution in [0.15, 0.2) is 194 Å². The number of fused-ring (bicyclic) bond motifs is 6. The number of benzene rings is 7. The Morgan fingerprint density at radius 3 is 1.75 bits per heavy atom. The van der Waals surface area contributed by atoms with Gasteiger partial charge >= 0.3 is 0 Å². The number of hydrogen-bond acceptors (Lipinski definition) is 5. The molecule has 1 aliphatic rings. The van der Waals surface area contributed by atoms with Crippen molar-refractivity contribution in [3.8, 4) is 56.5 Å². The van der Waals surface area contributed by atoms with Gasteiger partial charge in [0.05, 0.1) is 5.41 Å². The fourth-order valence-corrected chi connectivity index (χ4v) is 9.91. The van der Waals surface area contributed by atoms with E-state index in [1.54, 1.807) is 0 Å².